The zero-order chi connectivity index (χ0) is 14.4. The minimum atomic E-state index is -3.54. The SMILES string of the molecule is FC1(F)Oc2ccc(NC3CCCC(C4CC4)C3)cc2O1. The summed E-state index contributed by atoms with van der Waals surface area (Å²) in [5.41, 5.74) is 0.830. The van der Waals surface area contributed by atoms with Gasteiger partial charge < -0.3 is 14.8 Å². The molecule has 1 N–H and O–H groups in total. The van der Waals surface area contributed by atoms with E-state index in [2.05, 4.69) is 14.8 Å². The highest BCUT2D eigenvalue weighted by molar-refractivity contribution is 5.56. The molecule has 21 heavy (non-hydrogen) atoms. The van der Waals surface area contributed by atoms with Crippen LogP contribution in [0, 0.1) is 11.8 Å². The standard InChI is InChI=1S/C16H19F2NO2/c17-16(18)20-14-7-6-13(9-15(14)21-16)19-12-3-1-2-11(8-12)10-4-5-10/h6-7,9-12,19H,1-5,8H2. The van der Waals surface area contributed by atoms with Crippen LogP contribution in [0.3, 0.4) is 0 Å². The molecule has 1 aromatic rings. The third-order valence-electron chi connectivity index (χ3n) is 4.78. The average molecular weight is 295 g/mol. The molecule has 0 aromatic heterocycles. The van der Waals surface area contributed by atoms with Crippen LogP contribution in [-0.4, -0.2) is 12.3 Å². The van der Waals surface area contributed by atoms with Gasteiger partial charge >= 0.3 is 6.29 Å². The summed E-state index contributed by atoms with van der Waals surface area (Å²) in [4.78, 5) is 0. The van der Waals surface area contributed by atoms with Crippen LogP contribution >= 0.6 is 0 Å². The van der Waals surface area contributed by atoms with Crippen molar-refractivity contribution < 1.29 is 18.3 Å². The summed E-state index contributed by atoms with van der Waals surface area (Å²) in [7, 11) is 0. The molecule has 0 saturated heterocycles. The Morgan fingerprint density at radius 1 is 1.00 bits per heavy atom. The molecule has 2 fully saturated rings. The van der Waals surface area contributed by atoms with Crippen LogP contribution in [0.25, 0.3) is 0 Å². The van der Waals surface area contributed by atoms with Crippen LogP contribution in [0.4, 0.5) is 14.5 Å². The second-order valence-corrected chi connectivity index (χ2v) is 6.43. The molecule has 0 amide bonds. The van der Waals surface area contributed by atoms with Gasteiger partial charge in [-0.1, -0.05) is 12.8 Å². The molecule has 3 nitrogen and oxygen atoms in total. The van der Waals surface area contributed by atoms with Gasteiger partial charge in [0, 0.05) is 17.8 Å². The van der Waals surface area contributed by atoms with Crippen molar-refractivity contribution in [2.45, 2.75) is 50.9 Å². The summed E-state index contributed by atoms with van der Waals surface area (Å²) in [5, 5.41) is 3.47. The first-order valence-corrected chi connectivity index (χ1v) is 7.75. The molecule has 3 aliphatic rings. The van der Waals surface area contributed by atoms with Gasteiger partial charge in [-0.3, -0.25) is 0 Å². The highest BCUT2D eigenvalue weighted by atomic mass is 19.3. The van der Waals surface area contributed by atoms with E-state index in [0.717, 1.165) is 23.9 Å². The van der Waals surface area contributed by atoms with E-state index in [1.54, 1.807) is 18.2 Å². The maximum Gasteiger partial charge on any atom is 0.586 e. The lowest BCUT2D eigenvalue weighted by molar-refractivity contribution is -0.286. The summed E-state index contributed by atoms with van der Waals surface area (Å²) in [5.74, 6) is 1.99. The number of hydrogen-bond acceptors (Lipinski definition) is 3. The number of halogens is 2. The van der Waals surface area contributed by atoms with Gasteiger partial charge in [-0.2, -0.15) is 0 Å². The molecule has 1 heterocycles. The van der Waals surface area contributed by atoms with Crippen LogP contribution in [0.2, 0.25) is 0 Å². The van der Waals surface area contributed by atoms with E-state index < -0.39 is 6.29 Å². The summed E-state index contributed by atoms with van der Waals surface area (Å²) < 4.78 is 34.9. The van der Waals surface area contributed by atoms with E-state index in [4.69, 9.17) is 0 Å². The Morgan fingerprint density at radius 3 is 2.62 bits per heavy atom. The minimum absolute atomic E-state index is 0.102. The zero-order valence-corrected chi connectivity index (χ0v) is 11.8. The fraction of sp³-hybridized carbons (Fsp3) is 0.625. The molecule has 1 aromatic carbocycles. The van der Waals surface area contributed by atoms with Gasteiger partial charge in [0.25, 0.3) is 0 Å². The number of nitrogens with one attached hydrogen (secondary N) is 1. The first kappa shape index (κ1) is 13.2. The lowest BCUT2D eigenvalue weighted by Crippen LogP contribution is -2.28. The monoisotopic (exact) mass is 295 g/mol. The van der Waals surface area contributed by atoms with Gasteiger partial charge in [-0.25, -0.2) is 0 Å². The second-order valence-electron chi connectivity index (χ2n) is 6.43. The molecule has 2 aliphatic carbocycles. The van der Waals surface area contributed by atoms with Crippen LogP contribution in [0.5, 0.6) is 11.5 Å². The smallest absolute Gasteiger partial charge is 0.395 e. The third kappa shape index (κ3) is 2.78. The predicted octanol–water partition coefficient (Wildman–Crippen LogP) is 4.39. The van der Waals surface area contributed by atoms with Crippen molar-refractivity contribution in [2.24, 2.45) is 11.8 Å². The van der Waals surface area contributed by atoms with Crippen molar-refractivity contribution in [1.82, 2.24) is 0 Å². The molecule has 2 saturated carbocycles. The first-order chi connectivity index (χ1) is 10.1. The largest absolute Gasteiger partial charge is 0.586 e. The predicted molar refractivity (Wildman–Crippen MR) is 74.7 cm³/mol. The van der Waals surface area contributed by atoms with Gasteiger partial charge in [0.1, 0.15) is 0 Å². The topological polar surface area (TPSA) is 30.5 Å². The first-order valence-electron chi connectivity index (χ1n) is 7.75. The minimum Gasteiger partial charge on any atom is -0.395 e. The van der Waals surface area contributed by atoms with Crippen molar-refractivity contribution >= 4 is 5.69 Å². The fourth-order valence-corrected chi connectivity index (χ4v) is 3.63. The van der Waals surface area contributed by atoms with Gasteiger partial charge in [0.15, 0.2) is 11.5 Å². The average Bonchev–Trinajstić information content (AvgIpc) is 3.22. The highest BCUT2D eigenvalue weighted by Gasteiger charge is 2.43. The fourth-order valence-electron chi connectivity index (χ4n) is 3.63. The van der Waals surface area contributed by atoms with Crippen molar-refractivity contribution in [2.75, 3.05) is 5.32 Å². The van der Waals surface area contributed by atoms with Crippen LogP contribution in [0.1, 0.15) is 38.5 Å². The summed E-state index contributed by atoms with van der Waals surface area (Å²) >= 11 is 0. The molecule has 1 aliphatic heterocycles. The normalized spacial score (nSPS) is 30.2. The molecule has 0 spiro atoms. The zero-order valence-electron chi connectivity index (χ0n) is 11.8. The van der Waals surface area contributed by atoms with Crippen molar-refractivity contribution in [3.63, 3.8) is 0 Å². The Kier molecular flexibility index (Phi) is 2.98. The van der Waals surface area contributed by atoms with Gasteiger partial charge in [0.05, 0.1) is 0 Å². The third-order valence-corrected chi connectivity index (χ3v) is 4.78. The van der Waals surface area contributed by atoms with Crippen molar-refractivity contribution in [1.29, 1.82) is 0 Å². The summed E-state index contributed by atoms with van der Waals surface area (Å²) in [6.45, 7) is 0. The van der Waals surface area contributed by atoms with Crippen LogP contribution < -0.4 is 14.8 Å². The van der Waals surface area contributed by atoms with Crippen molar-refractivity contribution in [3.8, 4) is 11.5 Å². The molecule has 4 rings (SSSR count). The Morgan fingerprint density at radius 2 is 1.81 bits per heavy atom. The number of anilines is 1. The molecular formula is C16H19F2NO2. The van der Waals surface area contributed by atoms with Gasteiger partial charge in [-0.05, 0) is 49.7 Å². The van der Waals surface area contributed by atoms with E-state index in [9.17, 15) is 8.78 Å². The Hall–Kier alpha value is -1.52. The number of rotatable bonds is 3. The van der Waals surface area contributed by atoms with E-state index in [-0.39, 0.29) is 11.5 Å². The number of ether oxygens (including phenoxy) is 2. The molecule has 2 unspecified atom stereocenters. The quantitative estimate of drug-likeness (QED) is 0.897. The highest BCUT2D eigenvalue weighted by Crippen LogP contribution is 2.45. The van der Waals surface area contributed by atoms with E-state index in [1.807, 2.05) is 0 Å². The second kappa shape index (κ2) is 4.75. The molecular weight excluding hydrogens is 276 g/mol. The number of fused-ring (bicyclic) bond motifs is 1. The number of benzene rings is 1. The summed E-state index contributed by atoms with van der Waals surface area (Å²) in [6.07, 6.45) is 4.16. The lowest BCUT2D eigenvalue weighted by atomic mass is 9.82. The molecule has 0 radical (unpaired) electrons. The lowest BCUT2D eigenvalue weighted by Gasteiger charge is -2.30. The maximum atomic E-state index is 13.0. The maximum absolute atomic E-state index is 13.0. The number of alkyl halides is 2. The van der Waals surface area contributed by atoms with Crippen LogP contribution in [0.15, 0.2) is 18.2 Å². The van der Waals surface area contributed by atoms with E-state index >= 15 is 0 Å². The molecule has 114 valence electrons. The Labute approximate surface area is 122 Å². The van der Waals surface area contributed by atoms with E-state index in [1.165, 1.54) is 32.1 Å². The molecule has 0 bridgehead atoms. The van der Waals surface area contributed by atoms with Gasteiger partial charge in [0.2, 0.25) is 0 Å². The summed E-state index contributed by atoms with van der Waals surface area (Å²) in [6, 6.07) is 5.37. The molecule has 5 heteroatoms. The molecule has 2 atom stereocenters. The number of hydrogen-bond donors (Lipinski definition) is 1. The van der Waals surface area contributed by atoms with Crippen LogP contribution in [-0.2, 0) is 0 Å². The van der Waals surface area contributed by atoms with Crippen molar-refractivity contribution in [3.05, 3.63) is 18.2 Å². The van der Waals surface area contributed by atoms with E-state index in [0.29, 0.717) is 6.04 Å². The Bertz CT molecular complexity index is 545. The van der Waals surface area contributed by atoms with Gasteiger partial charge in [-0.15, -0.1) is 8.78 Å². The Balaban J connectivity index is 1.43.